The predicted octanol–water partition coefficient (Wildman–Crippen LogP) is 2.89. The molecular weight excluding hydrogens is 633 g/mol. The van der Waals surface area contributed by atoms with Crippen LogP contribution in [0.15, 0.2) is 72.9 Å². The molecule has 1 fully saturated rings. The number of esters is 1. The van der Waals surface area contributed by atoms with E-state index in [1.807, 2.05) is 18.2 Å². The molecule has 6 atom stereocenters. The average molecular weight is 688 g/mol. The van der Waals surface area contributed by atoms with E-state index < -0.39 is 63.8 Å². The van der Waals surface area contributed by atoms with Crippen molar-refractivity contribution in [1.82, 2.24) is 5.32 Å². The molecule has 0 aliphatic carbocycles. The zero-order chi connectivity index (χ0) is 34.8. The van der Waals surface area contributed by atoms with Gasteiger partial charge >= 0.3 is 13.8 Å². The molecular formula is C33H54NO12P. The summed E-state index contributed by atoms with van der Waals surface area (Å²) >= 11 is 0. The first-order valence-electron chi connectivity index (χ1n) is 16.0. The lowest BCUT2D eigenvalue weighted by Gasteiger charge is -2.41. The van der Waals surface area contributed by atoms with Crippen molar-refractivity contribution in [3.05, 3.63) is 72.9 Å². The van der Waals surface area contributed by atoms with Gasteiger partial charge in [0.25, 0.3) is 0 Å². The molecule has 1 saturated heterocycles. The Kier molecular flexibility index (Phi) is 23.4. The minimum Gasteiger partial charge on any atom is -0.457 e. The summed E-state index contributed by atoms with van der Waals surface area (Å²) in [4.78, 5) is 21.9. The Hall–Kier alpha value is -2.26. The highest BCUT2D eigenvalue weighted by atomic mass is 31.2. The fourth-order valence-corrected chi connectivity index (χ4v) is 4.72. The first-order valence-corrected chi connectivity index (χ1v) is 17.5. The monoisotopic (exact) mass is 687 g/mol. The first kappa shape index (κ1) is 42.8. The molecule has 13 nitrogen and oxygen atoms in total. The lowest BCUT2D eigenvalue weighted by molar-refractivity contribution is -0.317. The summed E-state index contributed by atoms with van der Waals surface area (Å²) in [6.07, 6.45) is 25.1. The third-order valence-corrected chi connectivity index (χ3v) is 7.62. The molecule has 0 aromatic carbocycles. The van der Waals surface area contributed by atoms with E-state index in [2.05, 4.69) is 66.9 Å². The molecule has 0 aromatic rings. The van der Waals surface area contributed by atoms with Gasteiger partial charge in [0.1, 0.15) is 24.4 Å². The van der Waals surface area contributed by atoms with Gasteiger partial charge in [-0.05, 0) is 44.9 Å². The van der Waals surface area contributed by atoms with Crippen molar-refractivity contribution in [1.29, 1.82) is 0 Å². The molecule has 1 unspecified atom stereocenters. The Balaban J connectivity index is 2.14. The number of phosphoric ester groups is 1. The number of aliphatic hydroxyl groups excluding tert-OH is 4. The molecule has 0 amide bonds. The number of ether oxygens (including phenoxy) is 2. The number of carbonyl (C=O) groups is 1. The van der Waals surface area contributed by atoms with Crippen LogP contribution in [0.4, 0.5) is 0 Å². The molecule has 0 saturated carbocycles. The van der Waals surface area contributed by atoms with Gasteiger partial charge in [-0.15, -0.1) is 0 Å². The standard InChI is InChI=1S/C33H54NO12P/c1-2-3-4-5-6-7-8-9-10-11-12-13-14-15-16-17-18-19-20-21-30(37)46-28(24-35)25-45-47(41,42)44-23-22-34-27-33(40)32(39)31(38)29(36)26-43-33/h3-4,6-7,9-10,12-13,15-16,18-19,28-29,31-32,34-36,38-40H,2,5,8,11,14,17,20-27H2,1H3,(H,41,42)/b4-3-,7-6-,10-9-,13-12-,16-15-,19-18-/t28-,29-,31-,32+,33-/m1/s1. The van der Waals surface area contributed by atoms with Crippen molar-refractivity contribution in [2.75, 3.05) is 39.5 Å². The van der Waals surface area contributed by atoms with Crippen LogP contribution in [0, 0.1) is 0 Å². The largest absolute Gasteiger partial charge is 0.472 e. The maximum atomic E-state index is 12.1. The average Bonchev–Trinajstić information content (AvgIpc) is 3.05. The zero-order valence-corrected chi connectivity index (χ0v) is 28.1. The molecule has 1 aliphatic heterocycles. The fourth-order valence-electron chi connectivity index (χ4n) is 3.97. The quantitative estimate of drug-likeness (QED) is 0.0320. The highest BCUT2D eigenvalue weighted by Gasteiger charge is 2.48. The maximum absolute atomic E-state index is 12.1. The summed E-state index contributed by atoms with van der Waals surface area (Å²) in [7, 11) is -4.57. The van der Waals surface area contributed by atoms with Crippen LogP contribution < -0.4 is 5.32 Å². The van der Waals surface area contributed by atoms with Gasteiger partial charge in [-0.25, -0.2) is 4.57 Å². The van der Waals surface area contributed by atoms with E-state index in [0.717, 1.165) is 38.5 Å². The van der Waals surface area contributed by atoms with E-state index in [-0.39, 0.29) is 26.1 Å². The van der Waals surface area contributed by atoms with Gasteiger partial charge < -0.3 is 45.2 Å². The van der Waals surface area contributed by atoms with Crippen LogP contribution in [-0.4, -0.2) is 106 Å². The summed E-state index contributed by atoms with van der Waals surface area (Å²) in [5.41, 5.74) is 0. The van der Waals surface area contributed by atoms with E-state index in [4.69, 9.17) is 18.5 Å². The van der Waals surface area contributed by atoms with E-state index >= 15 is 0 Å². The molecule has 1 rings (SSSR count). The molecule has 268 valence electrons. The molecule has 7 N–H and O–H groups in total. The maximum Gasteiger partial charge on any atom is 0.472 e. The summed E-state index contributed by atoms with van der Waals surface area (Å²) in [6, 6.07) is 0. The molecule has 0 aromatic heterocycles. The van der Waals surface area contributed by atoms with Crippen LogP contribution in [0.5, 0.6) is 0 Å². The SMILES string of the molecule is CC/C=C\C/C=C\C/C=C\C/C=C\C/C=C\C/C=C\CCC(=O)O[C@H](CO)COP(=O)(O)OCCNC[C@@]1(O)OC[C@@H](O)[C@@H](O)[C@@H]1O. The Morgan fingerprint density at radius 3 is 1.98 bits per heavy atom. The summed E-state index contributed by atoms with van der Waals surface area (Å²) < 4.78 is 31.8. The molecule has 47 heavy (non-hydrogen) atoms. The highest BCUT2D eigenvalue weighted by Crippen LogP contribution is 2.43. The van der Waals surface area contributed by atoms with Gasteiger partial charge in [-0.3, -0.25) is 13.8 Å². The van der Waals surface area contributed by atoms with Crippen molar-refractivity contribution in [2.24, 2.45) is 0 Å². The fraction of sp³-hybridized carbons (Fsp3) is 0.606. The zero-order valence-electron chi connectivity index (χ0n) is 27.2. The lowest BCUT2D eigenvalue weighted by atomic mass is 9.97. The Morgan fingerprint density at radius 2 is 1.45 bits per heavy atom. The number of nitrogens with one attached hydrogen (secondary N) is 1. The normalized spacial score (nSPS) is 24.4. The van der Waals surface area contributed by atoms with Crippen molar-refractivity contribution in [3.8, 4) is 0 Å². The number of allylic oxidation sites excluding steroid dienone is 12. The number of aliphatic hydroxyl groups is 5. The Labute approximate surface area is 278 Å². The van der Waals surface area contributed by atoms with Crippen molar-refractivity contribution < 1.29 is 58.3 Å². The number of hydrogen-bond donors (Lipinski definition) is 7. The van der Waals surface area contributed by atoms with Gasteiger partial charge in [-0.1, -0.05) is 79.8 Å². The van der Waals surface area contributed by atoms with Gasteiger partial charge in [0.15, 0.2) is 0 Å². The number of carbonyl (C=O) groups excluding carboxylic acids is 1. The summed E-state index contributed by atoms with van der Waals surface area (Å²) in [5.74, 6) is -2.78. The van der Waals surface area contributed by atoms with Crippen LogP contribution in [0.1, 0.15) is 58.3 Å². The Morgan fingerprint density at radius 1 is 0.915 bits per heavy atom. The van der Waals surface area contributed by atoms with Crippen LogP contribution in [0.25, 0.3) is 0 Å². The minimum atomic E-state index is -4.57. The Bertz CT molecular complexity index is 1080. The van der Waals surface area contributed by atoms with E-state index in [1.54, 1.807) is 0 Å². The third-order valence-electron chi connectivity index (χ3n) is 6.63. The second-order valence-electron chi connectivity index (χ2n) is 10.7. The van der Waals surface area contributed by atoms with E-state index in [9.17, 15) is 39.8 Å². The van der Waals surface area contributed by atoms with Gasteiger partial charge in [0.05, 0.1) is 33.0 Å². The molecule has 1 heterocycles. The van der Waals surface area contributed by atoms with Crippen LogP contribution in [0.3, 0.4) is 0 Å². The molecule has 14 heteroatoms. The van der Waals surface area contributed by atoms with Crippen LogP contribution >= 0.6 is 7.82 Å². The van der Waals surface area contributed by atoms with Crippen LogP contribution in [-0.2, 0) is 27.9 Å². The highest BCUT2D eigenvalue weighted by molar-refractivity contribution is 7.47. The number of rotatable bonds is 25. The summed E-state index contributed by atoms with van der Waals surface area (Å²) in [6.45, 7) is -0.305. The molecule has 0 radical (unpaired) electrons. The number of phosphoric acid groups is 1. The van der Waals surface area contributed by atoms with Gasteiger partial charge in [0, 0.05) is 13.0 Å². The third kappa shape index (κ3) is 20.7. The van der Waals surface area contributed by atoms with E-state index in [0.29, 0.717) is 6.42 Å². The second kappa shape index (κ2) is 25.7. The number of hydrogen-bond acceptors (Lipinski definition) is 12. The smallest absolute Gasteiger partial charge is 0.457 e. The van der Waals surface area contributed by atoms with Crippen molar-refractivity contribution in [3.63, 3.8) is 0 Å². The molecule has 0 bridgehead atoms. The van der Waals surface area contributed by atoms with Gasteiger partial charge in [-0.2, -0.15) is 0 Å². The minimum absolute atomic E-state index is 0.0539. The topological polar surface area (TPSA) is 204 Å². The first-order chi connectivity index (χ1) is 22.5. The molecule has 0 spiro atoms. The van der Waals surface area contributed by atoms with Crippen molar-refractivity contribution >= 4 is 13.8 Å². The van der Waals surface area contributed by atoms with Crippen LogP contribution in [0.2, 0.25) is 0 Å². The van der Waals surface area contributed by atoms with E-state index in [1.165, 1.54) is 0 Å². The van der Waals surface area contributed by atoms with Gasteiger partial charge in [0.2, 0.25) is 5.79 Å². The lowest BCUT2D eigenvalue weighted by Crippen LogP contribution is -2.64. The van der Waals surface area contributed by atoms with Crippen molar-refractivity contribution in [2.45, 2.75) is 88.5 Å². The predicted molar refractivity (Wildman–Crippen MR) is 178 cm³/mol. The second-order valence-corrected chi connectivity index (χ2v) is 12.1. The molecule has 1 aliphatic rings. The summed E-state index contributed by atoms with van der Waals surface area (Å²) in [5, 5.41) is 51.4.